The van der Waals surface area contributed by atoms with Crippen molar-refractivity contribution in [3.8, 4) is 0 Å². The molecule has 1 saturated carbocycles. The summed E-state index contributed by atoms with van der Waals surface area (Å²) in [7, 11) is 0. The molecule has 1 aliphatic carbocycles. The van der Waals surface area contributed by atoms with Crippen LogP contribution in [0.5, 0.6) is 0 Å². The molecule has 0 atom stereocenters. The van der Waals surface area contributed by atoms with Gasteiger partial charge in [-0.25, -0.2) is 0 Å². The van der Waals surface area contributed by atoms with Crippen LogP contribution in [0, 0.1) is 5.92 Å². The topological polar surface area (TPSA) is 0 Å². The Hall–Kier alpha value is -0.520. The minimum absolute atomic E-state index is 0.851. The van der Waals surface area contributed by atoms with Crippen molar-refractivity contribution in [1.29, 1.82) is 0 Å². The molecule has 0 aliphatic heterocycles. The monoisotopic (exact) mass is 152 g/mol. The van der Waals surface area contributed by atoms with Gasteiger partial charge in [0, 0.05) is 0 Å². The number of rotatable bonds is 1. The molecule has 0 amide bonds. The van der Waals surface area contributed by atoms with Gasteiger partial charge in [0.1, 0.15) is 0 Å². The van der Waals surface area contributed by atoms with Crippen LogP contribution in [0.2, 0.25) is 0 Å². The second-order valence-electron chi connectivity index (χ2n) is 3.04. The Balaban J connectivity index is 0.000000292. The van der Waals surface area contributed by atoms with E-state index in [1.807, 2.05) is 6.92 Å². The maximum atomic E-state index is 3.78. The number of hydrogen-bond acceptors (Lipinski definition) is 0. The van der Waals surface area contributed by atoms with Gasteiger partial charge in [0.15, 0.2) is 0 Å². The van der Waals surface area contributed by atoms with Crippen molar-refractivity contribution in [3.05, 3.63) is 25.3 Å². The van der Waals surface area contributed by atoms with Gasteiger partial charge < -0.3 is 0 Å². The van der Waals surface area contributed by atoms with E-state index in [1.165, 1.54) is 32.1 Å². The fraction of sp³-hybridized carbons (Fsp3) is 0.636. The second kappa shape index (κ2) is 7.59. The quantitative estimate of drug-likeness (QED) is 0.499. The van der Waals surface area contributed by atoms with E-state index in [0.717, 1.165) is 5.92 Å². The molecule has 0 heterocycles. The normalized spacial score (nSPS) is 17.9. The van der Waals surface area contributed by atoms with Crippen LogP contribution < -0.4 is 0 Å². The maximum absolute atomic E-state index is 3.78. The van der Waals surface area contributed by atoms with E-state index in [1.54, 1.807) is 6.08 Å². The summed E-state index contributed by atoms with van der Waals surface area (Å²) in [5, 5.41) is 0. The van der Waals surface area contributed by atoms with Gasteiger partial charge in [-0.3, -0.25) is 0 Å². The Morgan fingerprint density at radius 3 is 1.82 bits per heavy atom. The molecule has 0 N–H and O–H groups in total. The molecule has 0 unspecified atom stereocenters. The molecule has 0 heteroatoms. The Morgan fingerprint density at radius 1 is 1.09 bits per heavy atom. The van der Waals surface area contributed by atoms with Gasteiger partial charge >= 0.3 is 0 Å². The lowest BCUT2D eigenvalue weighted by molar-refractivity contribution is 0.420. The van der Waals surface area contributed by atoms with Gasteiger partial charge in [-0.1, -0.05) is 31.4 Å². The summed E-state index contributed by atoms with van der Waals surface area (Å²) in [5.41, 5.74) is 0. The lowest BCUT2D eigenvalue weighted by Gasteiger charge is -2.16. The molecular weight excluding hydrogens is 132 g/mol. The SMILES string of the molecule is C=CC.C=CC1CCCCC1. The molecule has 0 aromatic heterocycles. The van der Waals surface area contributed by atoms with Crippen molar-refractivity contribution in [2.75, 3.05) is 0 Å². The molecule has 1 rings (SSSR count). The molecule has 1 fully saturated rings. The van der Waals surface area contributed by atoms with Crippen molar-refractivity contribution in [1.82, 2.24) is 0 Å². The van der Waals surface area contributed by atoms with Crippen molar-refractivity contribution in [2.45, 2.75) is 39.0 Å². The highest BCUT2D eigenvalue weighted by Crippen LogP contribution is 2.23. The Bertz CT molecular complexity index is 96.6. The zero-order valence-corrected chi connectivity index (χ0v) is 7.68. The fourth-order valence-electron chi connectivity index (χ4n) is 1.37. The summed E-state index contributed by atoms with van der Waals surface area (Å²) in [6.07, 6.45) is 10.9. The average Bonchev–Trinajstić information content (AvgIpc) is 2.08. The van der Waals surface area contributed by atoms with Crippen LogP contribution in [0.15, 0.2) is 25.3 Å². The summed E-state index contributed by atoms with van der Waals surface area (Å²) in [5.74, 6) is 0.851. The molecule has 1 aliphatic rings. The Labute approximate surface area is 71.0 Å². The maximum Gasteiger partial charge on any atom is -0.0236 e. The van der Waals surface area contributed by atoms with Gasteiger partial charge in [0.05, 0.1) is 0 Å². The summed E-state index contributed by atoms with van der Waals surface area (Å²) in [6, 6.07) is 0. The first-order chi connectivity index (χ1) is 5.35. The predicted octanol–water partition coefficient (Wildman–Crippen LogP) is 3.95. The van der Waals surface area contributed by atoms with E-state index in [2.05, 4.69) is 19.2 Å². The first-order valence-electron chi connectivity index (χ1n) is 4.54. The number of allylic oxidation sites excluding steroid dienone is 2. The minimum Gasteiger partial charge on any atom is -0.103 e. The molecule has 11 heavy (non-hydrogen) atoms. The molecule has 0 spiro atoms. The van der Waals surface area contributed by atoms with Crippen LogP contribution in [0.4, 0.5) is 0 Å². The van der Waals surface area contributed by atoms with Gasteiger partial charge in [-0.2, -0.15) is 0 Å². The van der Waals surface area contributed by atoms with Crippen LogP contribution >= 0.6 is 0 Å². The van der Waals surface area contributed by atoms with E-state index < -0.39 is 0 Å². The molecule has 0 bridgehead atoms. The van der Waals surface area contributed by atoms with Crippen LogP contribution in [0.25, 0.3) is 0 Å². The molecule has 0 aromatic carbocycles. The van der Waals surface area contributed by atoms with Gasteiger partial charge in [-0.15, -0.1) is 13.2 Å². The number of hydrogen-bond donors (Lipinski definition) is 0. The van der Waals surface area contributed by atoms with Gasteiger partial charge in [0.25, 0.3) is 0 Å². The highest BCUT2D eigenvalue weighted by molar-refractivity contribution is 4.80. The summed E-state index contributed by atoms with van der Waals surface area (Å²) >= 11 is 0. The molecule has 0 saturated heterocycles. The highest BCUT2D eigenvalue weighted by Gasteiger charge is 2.07. The zero-order valence-electron chi connectivity index (χ0n) is 7.68. The van der Waals surface area contributed by atoms with E-state index in [0.29, 0.717) is 0 Å². The van der Waals surface area contributed by atoms with Crippen LogP contribution in [0.1, 0.15) is 39.0 Å². The molecule has 0 nitrogen and oxygen atoms in total. The van der Waals surface area contributed by atoms with E-state index >= 15 is 0 Å². The third kappa shape index (κ3) is 5.90. The minimum atomic E-state index is 0.851. The van der Waals surface area contributed by atoms with E-state index in [9.17, 15) is 0 Å². The smallest absolute Gasteiger partial charge is 0.0236 e. The fourth-order valence-corrected chi connectivity index (χ4v) is 1.37. The van der Waals surface area contributed by atoms with Crippen LogP contribution in [-0.2, 0) is 0 Å². The van der Waals surface area contributed by atoms with Gasteiger partial charge in [0.2, 0.25) is 0 Å². The van der Waals surface area contributed by atoms with Crippen molar-refractivity contribution >= 4 is 0 Å². The Kier molecular flexibility index (Phi) is 7.23. The molecular formula is C11H20. The second-order valence-corrected chi connectivity index (χ2v) is 3.04. The first-order valence-corrected chi connectivity index (χ1v) is 4.54. The first kappa shape index (κ1) is 10.5. The zero-order chi connectivity index (χ0) is 8.53. The summed E-state index contributed by atoms with van der Waals surface area (Å²) in [6.45, 7) is 9.03. The van der Waals surface area contributed by atoms with Crippen LogP contribution in [-0.4, -0.2) is 0 Å². The van der Waals surface area contributed by atoms with Crippen LogP contribution in [0.3, 0.4) is 0 Å². The standard InChI is InChI=1S/C8H14.C3H6/c1-2-8-6-4-3-5-7-8;1-3-2/h2,8H,1,3-7H2;3H,1H2,2H3. The third-order valence-corrected chi connectivity index (χ3v) is 1.98. The lowest BCUT2D eigenvalue weighted by Crippen LogP contribution is -2.01. The highest BCUT2D eigenvalue weighted by atomic mass is 14.1. The molecule has 64 valence electrons. The molecule has 0 radical (unpaired) electrons. The van der Waals surface area contributed by atoms with Crippen molar-refractivity contribution in [2.24, 2.45) is 5.92 Å². The summed E-state index contributed by atoms with van der Waals surface area (Å²) in [4.78, 5) is 0. The van der Waals surface area contributed by atoms with Crippen molar-refractivity contribution in [3.63, 3.8) is 0 Å². The Morgan fingerprint density at radius 2 is 1.55 bits per heavy atom. The van der Waals surface area contributed by atoms with E-state index in [-0.39, 0.29) is 0 Å². The predicted molar refractivity (Wildman–Crippen MR) is 52.6 cm³/mol. The third-order valence-electron chi connectivity index (χ3n) is 1.98. The van der Waals surface area contributed by atoms with Gasteiger partial charge in [-0.05, 0) is 25.7 Å². The lowest BCUT2D eigenvalue weighted by atomic mass is 9.90. The summed E-state index contributed by atoms with van der Waals surface area (Å²) < 4.78 is 0. The largest absolute Gasteiger partial charge is 0.103 e. The van der Waals surface area contributed by atoms with E-state index in [4.69, 9.17) is 0 Å². The molecule has 0 aromatic rings. The average molecular weight is 152 g/mol. The van der Waals surface area contributed by atoms with Crippen molar-refractivity contribution < 1.29 is 0 Å².